The number of carbonyl (C=O) groups excluding carboxylic acids is 1. The van der Waals surface area contributed by atoms with Crippen LogP contribution in [0.1, 0.15) is 16.1 Å². The van der Waals surface area contributed by atoms with Gasteiger partial charge in [-0.2, -0.15) is 0 Å². The Morgan fingerprint density at radius 2 is 2.38 bits per heavy atom. The second kappa shape index (κ2) is 4.00. The van der Waals surface area contributed by atoms with E-state index in [-0.39, 0.29) is 10.7 Å². The molecule has 0 aliphatic heterocycles. The van der Waals surface area contributed by atoms with Gasteiger partial charge in [0.25, 0.3) is 0 Å². The first-order valence-electron chi connectivity index (χ1n) is 3.49. The molecule has 0 unspecified atom stereocenters. The highest BCUT2D eigenvalue weighted by molar-refractivity contribution is 6.32. The van der Waals surface area contributed by atoms with E-state index in [1.807, 2.05) is 0 Å². The molecule has 0 aliphatic carbocycles. The largest absolute Gasteiger partial charge is 0.465 e. The summed E-state index contributed by atoms with van der Waals surface area (Å²) in [5.74, 6) is -0.513. The second-order valence-corrected chi connectivity index (χ2v) is 2.59. The summed E-state index contributed by atoms with van der Waals surface area (Å²) in [6.45, 7) is 0. The number of halogens is 1. The summed E-state index contributed by atoms with van der Waals surface area (Å²) in [5.41, 5.74) is 0.743. The van der Waals surface area contributed by atoms with E-state index in [0.717, 1.165) is 0 Å². The van der Waals surface area contributed by atoms with E-state index >= 15 is 0 Å². The van der Waals surface area contributed by atoms with E-state index in [4.69, 9.17) is 17.0 Å². The van der Waals surface area contributed by atoms with Crippen molar-refractivity contribution in [1.29, 1.82) is 0 Å². The first-order chi connectivity index (χ1) is 6.19. The molecule has 0 fully saturated rings. The highest BCUT2D eigenvalue weighted by atomic mass is 35.5. The maximum absolute atomic E-state index is 11.0. The predicted molar refractivity (Wildman–Crippen MR) is 47.7 cm³/mol. The van der Waals surface area contributed by atoms with Crippen LogP contribution >= 0.6 is 11.6 Å². The summed E-state index contributed by atoms with van der Waals surface area (Å²) in [5, 5.41) is 5.30. The molecule has 0 aromatic carbocycles. The molecule has 0 saturated carbocycles. The third-order valence-corrected chi connectivity index (χ3v) is 1.73. The molecule has 1 rings (SSSR count). The van der Waals surface area contributed by atoms with Gasteiger partial charge in [0.15, 0.2) is 6.21 Å². The zero-order valence-electron chi connectivity index (χ0n) is 6.95. The molecule has 0 radical (unpaired) electrons. The number of esters is 1. The minimum atomic E-state index is -0.513. The Labute approximate surface area is 80.0 Å². The van der Waals surface area contributed by atoms with Gasteiger partial charge >= 0.3 is 5.97 Å². The molecule has 1 aromatic heterocycles. The monoisotopic (exact) mass is 199 g/mol. The summed E-state index contributed by atoms with van der Waals surface area (Å²) < 4.78 is 4.49. The van der Waals surface area contributed by atoms with Crippen LogP contribution in [0.2, 0.25) is 5.15 Å². The Balaban J connectivity index is 3.12. The van der Waals surface area contributed by atoms with Gasteiger partial charge in [-0.3, -0.25) is 5.41 Å². The Morgan fingerprint density at radius 1 is 1.69 bits per heavy atom. The number of carbonyl (C=O) groups is 1. The van der Waals surface area contributed by atoms with Crippen molar-refractivity contribution in [2.75, 3.05) is 7.11 Å². The molecule has 0 amide bonds. The normalized spacial score (nSPS) is 9.38. The highest BCUT2D eigenvalue weighted by Gasteiger charge is 2.11. The fourth-order valence-corrected chi connectivity index (χ4v) is 1.04. The minimum Gasteiger partial charge on any atom is -0.465 e. The summed E-state index contributed by atoms with van der Waals surface area (Å²) in [7, 11) is 1.28. The molecule has 5 heteroatoms. The standard InChI is InChI=1S/C8H7ClN2O2/c1-13-8(12)6-3-2-5(4-10)11-7(6)9/h2-4,10H,1H3/p+1. The lowest BCUT2D eigenvalue weighted by molar-refractivity contribution is -0.104. The van der Waals surface area contributed by atoms with Gasteiger partial charge in [0.1, 0.15) is 10.8 Å². The van der Waals surface area contributed by atoms with E-state index < -0.39 is 5.97 Å². The zero-order valence-corrected chi connectivity index (χ0v) is 7.71. The van der Waals surface area contributed by atoms with Crippen LogP contribution in [0.25, 0.3) is 0 Å². The molecule has 68 valence electrons. The molecule has 0 atom stereocenters. The molecule has 2 N–H and O–H groups in total. The second-order valence-electron chi connectivity index (χ2n) is 2.23. The lowest BCUT2D eigenvalue weighted by atomic mass is 10.2. The van der Waals surface area contributed by atoms with Crippen molar-refractivity contribution in [2.24, 2.45) is 0 Å². The minimum absolute atomic E-state index is 0.0889. The maximum atomic E-state index is 11.0. The van der Waals surface area contributed by atoms with Crippen LogP contribution in [0.15, 0.2) is 12.1 Å². The van der Waals surface area contributed by atoms with E-state index in [0.29, 0.717) is 5.69 Å². The van der Waals surface area contributed by atoms with Crippen molar-refractivity contribution < 1.29 is 14.9 Å². The number of aromatic nitrogens is 1. The van der Waals surface area contributed by atoms with E-state index in [1.54, 1.807) is 6.07 Å². The number of methoxy groups -OCH3 is 1. The molecule has 0 aliphatic rings. The average Bonchev–Trinajstić information content (AvgIpc) is 2.16. The van der Waals surface area contributed by atoms with Gasteiger partial charge in [0.2, 0.25) is 0 Å². The number of ether oxygens (including phenoxy) is 1. The van der Waals surface area contributed by atoms with Gasteiger partial charge in [-0.05, 0) is 12.1 Å². The molecule has 1 heterocycles. The predicted octanol–water partition coefficient (Wildman–Crippen LogP) is -0.300. The number of nitrogens with two attached hydrogens (primary N) is 1. The highest BCUT2D eigenvalue weighted by Crippen LogP contribution is 2.13. The van der Waals surface area contributed by atoms with Crippen molar-refractivity contribution in [2.45, 2.75) is 0 Å². The van der Waals surface area contributed by atoms with Crippen molar-refractivity contribution in [3.8, 4) is 0 Å². The Kier molecular flexibility index (Phi) is 2.97. The smallest absolute Gasteiger partial charge is 0.341 e. The first kappa shape index (κ1) is 9.67. The number of pyridine rings is 1. The molecule has 0 spiro atoms. The fraction of sp³-hybridized carbons (Fsp3) is 0.125. The Bertz CT molecular complexity index is 352. The SMILES string of the molecule is COC(=O)c1ccc(C=[NH2+])nc1Cl. The molecule has 0 saturated heterocycles. The molecule has 0 bridgehead atoms. The quantitative estimate of drug-likeness (QED) is 0.404. The van der Waals surface area contributed by atoms with Gasteiger partial charge in [0.05, 0.1) is 12.7 Å². The van der Waals surface area contributed by atoms with Crippen LogP contribution in [0.3, 0.4) is 0 Å². The summed E-state index contributed by atoms with van der Waals surface area (Å²) in [4.78, 5) is 14.9. The van der Waals surface area contributed by atoms with Gasteiger partial charge in [-0.1, -0.05) is 11.6 Å². The van der Waals surface area contributed by atoms with Crippen molar-refractivity contribution in [3.05, 3.63) is 28.5 Å². The van der Waals surface area contributed by atoms with Gasteiger partial charge in [0, 0.05) is 0 Å². The molecular weight excluding hydrogens is 192 g/mol. The lowest BCUT2D eigenvalue weighted by Crippen LogP contribution is -2.30. The Hall–Kier alpha value is -1.42. The third-order valence-electron chi connectivity index (χ3n) is 1.45. The van der Waals surface area contributed by atoms with Crippen LogP contribution in [0.5, 0.6) is 0 Å². The zero-order chi connectivity index (χ0) is 9.84. The molecule has 13 heavy (non-hydrogen) atoms. The average molecular weight is 200 g/mol. The Morgan fingerprint density at radius 3 is 2.85 bits per heavy atom. The maximum Gasteiger partial charge on any atom is 0.341 e. The number of nitrogens with zero attached hydrogens (tertiary/aromatic N) is 1. The van der Waals surface area contributed by atoms with Crippen molar-refractivity contribution in [1.82, 2.24) is 4.98 Å². The first-order valence-corrected chi connectivity index (χ1v) is 3.86. The van der Waals surface area contributed by atoms with Crippen LogP contribution in [0, 0.1) is 0 Å². The van der Waals surface area contributed by atoms with Crippen LogP contribution in [-0.4, -0.2) is 24.3 Å². The number of hydrogen-bond donors (Lipinski definition) is 1. The summed E-state index contributed by atoms with van der Waals surface area (Å²) in [6, 6.07) is 3.10. The fourth-order valence-electron chi connectivity index (χ4n) is 0.803. The molecular formula is C8H8ClN2O2+. The van der Waals surface area contributed by atoms with Crippen LogP contribution in [0.4, 0.5) is 0 Å². The van der Waals surface area contributed by atoms with Crippen molar-refractivity contribution in [3.63, 3.8) is 0 Å². The summed E-state index contributed by atoms with van der Waals surface area (Å²) >= 11 is 5.69. The third kappa shape index (κ3) is 2.03. The van der Waals surface area contributed by atoms with E-state index in [1.165, 1.54) is 19.4 Å². The lowest BCUT2D eigenvalue weighted by Gasteiger charge is -2.00. The number of rotatable bonds is 2. The summed E-state index contributed by atoms with van der Waals surface area (Å²) in [6.07, 6.45) is 1.30. The van der Waals surface area contributed by atoms with Crippen LogP contribution in [-0.2, 0) is 4.74 Å². The van der Waals surface area contributed by atoms with Crippen molar-refractivity contribution >= 4 is 23.8 Å². The topological polar surface area (TPSA) is 64.8 Å². The van der Waals surface area contributed by atoms with Crippen LogP contribution < -0.4 is 5.41 Å². The molecule has 4 nitrogen and oxygen atoms in total. The van der Waals surface area contributed by atoms with Gasteiger partial charge in [-0.15, -0.1) is 0 Å². The van der Waals surface area contributed by atoms with E-state index in [9.17, 15) is 4.79 Å². The number of hydrogen-bond acceptors (Lipinski definition) is 3. The van der Waals surface area contributed by atoms with E-state index in [2.05, 4.69) is 9.72 Å². The van der Waals surface area contributed by atoms with Gasteiger partial charge < -0.3 is 4.74 Å². The van der Waals surface area contributed by atoms with Gasteiger partial charge in [-0.25, -0.2) is 9.78 Å². The molecule has 1 aromatic rings.